The van der Waals surface area contributed by atoms with Crippen LogP contribution in [0.15, 0.2) is 18.2 Å². The first-order valence-corrected chi connectivity index (χ1v) is 7.85. The summed E-state index contributed by atoms with van der Waals surface area (Å²) in [5.41, 5.74) is 0.0189. The highest BCUT2D eigenvalue weighted by Crippen LogP contribution is 2.25. The normalized spacial score (nSPS) is 13.6. The van der Waals surface area contributed by atoms with Crippen molar-refractivity contribution in [3.05, 3.63) is 38.9 Å². The molecule has 0 fully saturated rings. The average Bonchev–Trinajstić information content (AvgIpc) is 2.35. The van der Waals surface area contributed by atoms with E-state index in [1.165, 1.54) is 23.1 Å². The Balaban J connectivity index is 2.95. The zero-order chi connectivity index (χ0) is 15.4. The molecule has 20 heavy (non-hydrogen) atoms. The number of benzene rings is 1. The monoisotopic (exact) mass is 318 g/mol. The Morgan fingerprint density at radius 3 is 2.60 bits per heavy atom. The van der Waals surface area contributed by atoms with E-state index in [1.54, 1.807) is 20.2 Å². The number of carbonyl (C=O) groups is 1. The second-order valence-corrected chi connectivity index (χ2v) is 6.32. The van der Waals surface area contributed by atoms with Gasteiger partial charge in [0.1, 0.15) is 5.02 Å². The number of halogens is 1. The van der Waals surface area contributed by atoms with Crippen LogP contribution in [0.1, 0.15) is 17.3 Å². The molecule has 6 nitrogen and oxygen atoms in total. The number of carbonyl (C=O) groups excluding carboxylic acids is 1. The Bertz CT molecular complexity index is 564. The molecule has 1 aromatic carbocycles. The summed E-state index contributed by atoms with van der Waals surface area (Å²) in [7, 11) is 0.580. The van der Waals surface area contributed by atoms with Crippen molar-refractivity contribution in [1.29, 1.82) is 0 Å². The van der Waals surface area contributed by atoms with Gasteiger partial charge in [-0.2, -0.15) is 0 Å². The molecule has 0 aliphatic carbocycles. The second-order valence-electron chi connectivity index (χ2n) is 4.43. The number of rotatable bonds is 5. The molecule has 0 unspecified atom stereocenters. The molecule has 110 valence electrons. The van der Waals surface area contributed by atoms with Crippen LogP contribution in [0.25, 0.3) is 0 Å². The summed E-state index contributed by atoms with van der Waals surface area (Å²) in [6.45, 7) is 1.78. The quantitative estimate of drug-likeness (QED) is 0.615. The topological polar surface area (TPSA) is 80.5 Å². The van der Waals surface area contributed by atoms with E-state index in [0.717, 1.165) is 0 Å². The number of hydrogen-bond donors (Lipinski definition) is 0. The molecule has 8 heteroatoms. The zero-order valence-corrected chi connectivity index (χ0v) is 12.9. The molecule has 0 aliphatic rings. The lowest BCUT2D eigenvalue weighted by Gasteiger charge is -2.24. The standard InChI is InChI=1S/C12H15ClN2O4S/c1-8(7-20(3)19)14(2)12(16)9-4-5-11(15(17)18)10(13)6-9/h4-6,8H,7H2,1-3H3/t8-,20+/m1/s1. The van der Waals surface area contributed by atoms with Gasteiger partial charge in [0.2, 0.25) is 0 Å². The highest BCUT2D eigenvalue weighted by molar-refractivity contribution is 7.84. The van der Waals surface area contributed by atoms with Gasteiger partial charge < -0.3 is 4.90 Å². The minimum Gasteiger partial charge on any atom is -0.338 e. The van der Waals surface area contributed by atoms with E-state index in [1.807, 2.05) is 0 Å². The van der Waals surface area contributed by atoms with Gasteiger partial charge in [0, 0.05) is 47.5 Å². The van der Waals surface area contributed by atoms with Gasteiger partial charge in [0.05, 0.1) is 4.92 Å². The molecule has 0 saturated heterocycles. The molecule has 0 aromatic heterocycles. The van der Waals surface area contributed by atoms with Crippen molar-refractivity contribution in [3.8, 4) is 0 Å². The molecule has 0 saturated carbocycles. The third-order valence-electron chi connectivity index (χ3n) is 2.85. The first-order valence-electron chi connectivity index (χ1n) is 5.75. The van der Waals surface area contributed by atoms with Crippen LogP contribution in [0.5, 0.6) is 0 Å². The van der Waals surface area contributed by atoms with Gasteiger partial charge in [0.15, 0.2) is 0 Å². The van der Waals surface area contributed by atoms with Crippen LogP contribution in [-0.4, -0.2) is 45.0 Å². The van der Waals surface area contributed by atoms with E-state index in [2.05, 4.69) is 0 Å². The maximum Gasteiger partial charge on any atom is 0.287 e. The Morgan fingerprint density at radius 2 is 2.15 bits per heavy atom. The summed E-state index contributed by atoms with van der Waals surface area (Å²) in [6, 6.07) is 3.63. The summed E-state index contributed by atoms with van der Waals surface area (Å²) in [5.74, 6) is 0.0444. The first-order chi connectivity index (χ1) is 9.23. The number of nitro benzene ring substituents is 1. The lowest BCUT2D eigenvalue weighted by molar-refractivity contribution is -0.384. The fraction of sp³-hybridized carbons (Fsp3) is 0.417. The number of nitro groups is 1. The van der Waals surface area contributed by atoms with Crippen molar-refractivity contribution in [2.24, 2.45) is 0 Å². The molecule has 0 aliphatic heterocycles. The van der Waals surface area contributed by atoms with E-state index in [4.69, 9.17) is 11.6 Å². The van der Waals surface area contributed by atoms with Crippen molar-refractivity contribution in [3.63, 3.8) is 0 Å². The van der Waals surface area contributed by atoms with Crippen LogP contribution in [0.3, 0.4) is 0 Å². The molecule has 0 spiro atoms. The Morgan fingerprint density at radius 1 is 1.55 bits per heavy atom. The third kappa shape index (κ3) is 4.01. The molecule has 2 atom stereocenters. The van der Waals surface area contributed by atoms with E-state index in [0.29, 0.717) is 5.75 Å². The van der Waals surface area contributed by atoms with Crippen LogP contribution in [-0.2, 0) is 10.8 Å². The van der Waals surface area contributed by atoms with Crippen molar-refractivity contribution in [1.82, 2.24) is 4.90 Å². The summed E-state index contributed by atoms with van der Waals surface area (Å²) in [6.07, 6.45) is 1.57. The Kier molecular flexibility index (Phi) is 5.64. The van der Waals surface area contributed by atoms with Gasteiger partial charge in [-0.05, 0) is 19.1 Å². The van der Waals surface area contributed by atoms with Gasteiger partial charge >= 0.3 is 0 Å². The molecule has 0 radical (unpaired) electrons. The maximum atomic E-state index is 12.2. The fourth-order valence-electron chi connectivity index (χ4n) is 1.64. The van der Waals surface area contributed by atoms with Gasteiger partial charge in [-0.25, -0.2) is 0 Å². The Labute approximate surface area is 124 Å². The summed E-state index contributed by atoms with van der Waals surface area (Å²) in [4.78, 5) is 23.7. The van der Waals surface area contributed by atoms with Crippen LogP contribution in [0, 0.1) is 10.1 Å². The van der Waals surface area contributed by atoms with E-state index < -0.39 is 15.7 Å². The zero-order valence-electron chi connectivity index (χ0n) is 11.3. The lowest BCUT2D eigenvalue weighted by atomic mass is 10.1. The SMILES string of the molecule is C[C@H](C[S@](C)=O)N(C)C(=O)c1ccc([N+](=O)[O-])c(Cl)c1. The van der Waals surface area contributed by atoms with E-state index >= 15 is 0 Å². The summed E-state index contributed by atoms with van der Waals surface area (Å²) < 4.78 is 11.2. The molecule has 1 rings (SSSR count). The summed E-state index contributed by atoms with van der Waals surface area (Å²) in [5, 5.41) is 10.6. The molecule has 0 heterocycles. The van der Waals surface area contributed by atoms with Gasteiger partial charge in [-0.1, -0.05) is 11.6 Å². The lowest BCUT2D eigenvalue weighted by Crippen LogP contribution is -2.38. The second kappa shape index (κ2) is 6.81. The Hall–Kier alpha value is -1.47. The van der Waals surface area contributed by atoms with E-state index in [9.17, 15) is 19.1 Å². The number of amides is 1. The average molecular weight is 319 g/mol. The van der Waals surface area contributed by atoms with Gasteiger partial charge in [-0.3, -0.25) is 19.1 Å². The fourth-order valence-corrected chi connectivity index (χ4v) is 2.80. The predicted molar refractivity (Wildman–Crippen MR) is 78.6 cm³/mol. The van der Waals surface area contributed by atoms with Crippen molar-refractivity contribution in [2.75, 3.05) is 19.1 Å². The molecule has 0 bridgehead atoms. The first kappa shape index (κ1) is 16.6. The van der Waals surface area contributed by atoms with E-state index in [-0.39, 0.29) is 28.2 Å². The van der Waals surface area contributed by atoms with Crippen molar-refractivity contribution in [2.45, 2.75) is 13.0 Å². The minimum atomic E-state index is -1.01. The van der Waals surface area contributed by atoms with Crippen LogP contribution < -0.4 is 0 Å². The largest absolute Gasteiger partial charge is 0.338 e. The van der Waals surface area contributed by atoms with Crippen LogP contribution in [0.4, 0.5) is 5.69 Å². The number of hydrogen-bond acceptors (Lipinski definition) is 4. The molecule has 1 aromatic rings. The molecular formula is C12H15ClN2O4S. The van der Waals surface area contributed by atoms with Crippen molar-refractivity contribution < 1.29 is 13.9 Å². The predicted octanol–water partition coefficient (Wildman–Crippen LogP) is 2.09. The maximum absolute atomic E-state index is 12.2. The minimum absolute atomic E-state index is 0.0824. The van der Waals surface area contributed by atoms with Crippen LogP contribution in [0.2, 0.25) is 5.02 Å². The molecular weight excluding hydrogens is 304 g/mol. The molecule has 1 amide bonds. The highest BCUT2D eigenvalue weighted by atomic mass is 35.5. The third-order valence-corrected chi connectivity index (χ3v) is 4.10. The number of nitrogens with zero attached hydrogens (tertiary/aromatic N) is 2. The van der Waals surface area contributed by atoms with Gasteiger partial charge in [-0.15, -0.1) is 0 Å². The van der Waals surface area contributed by atoms with Crippen molar-refractivity contribution >= 4 is 34.0 Å². The van der Waals surface area contributed by atoms with Gasteiger partial charge in [0.25, 0.3) is 11.6 Å². The van der Waals surface area contributed by atoms with Crippen LogP contribution >= 0.6 is 11.6 Å². The highest BCUT2D eigenvalue weighted by Gasteiger charge is 2.21. The molecule has 0 N–H and O–H groups in total. The smallest absolute Gasteiger partial charge is 0.287 e. The summed E-state index contributed by atoms with van der Waals surface area (Å²) >= 11 is 5.78.